The van der Waals surface area contributed by atoms with Gasteiger partial charge in [-0.1, -0.05) is 47.5 Å². The Hall–Kier alpha value is -2.51. The van der Waals surface area contributed by atoms with Crippen molar-refractivity contribution in [3.8, 4) is 0 Å². The van der Waals surface area contributed by atoms with Crippen LogP contribution in [0.25, 0.3) is 0 Å². The standard InChI is InChI=1S/C26H24Cl2F2N2O2/c27-20-9-7-18(8-10-20)25(34-17-22-23(29)5-2-6-24(22)30)16-31-11-13-32(14-12-31)26(33)19-3-1-4-21(28)15-19/h1-10,15,25H,11-14,16-17H2/t25-/m0/s1. The molecule has 1 aliphatic heterocycles. The molecule has 0 spiro atoms. The molecule has 178 valence electrons. The van der Waals surface area contributed by atoms with Gasteiger partial charge in [0.15, 0.2) is 0 Å². The molecule has 4 rings (SSSR count). The minimum absolute atomic E-state index is 0.0531. The molecule has 0 unspecified atom stereocenters. The number of ether oxygens (including phenoxy) is 1. The summed E-state index contributed by atoms with van der Waals surface area (Å²) in [4.78, 5) is 16.8. The fourth-order valence-corrected chi connectivity index (χ4v) is 4.27. The maximum absolute atomic E-state index is 14.1. The smallest absolute Gasteiger partial charge is 0.253 e. The van der Waals surface area contributed by atoms with Crippen molar-refractivity contribution in [2.45, 2.75) is 12.7 Å². The lowest BCUT2D eigenvalue weighted by molar-refractivity contribution is 0.00145. The summed E-state index contributed by atoms with van der Waals surface area (Å²) < 4.78 is 34.2. The van der Waals surface area contributed by atoms with E-state index in [0.29, 0.717) is 48.3 Å². The van der Waals surface area contributed by atoms with Gasteiger partial charge in [-0.2, -0.15) is 0 Å². The molecule has 0 N–H and O–H groups in total. The van der Waals surface area contributed by atoms with Gasteiger partial charge in [-0.3, -0.25) is 9.69 Å². The van der Waals surface area contributed by atoms with E-state index in [9.17, 15) is 13.6 Å². The third-order valence-electron chi connectivity index (χ3n) is 5.89. The fraction of sp³-hybridized carbons (Fsp3) is 0.269. The van der Waals surface area contributed by atoms with Crippen LogP contribution in [-0.2, 0) is 11.3 Å². The zero-order valence-corrected chi connectivity index (χ0v) is 19.9. The Bertz CT molecular complexity index is 1120. The number of benzene rings is 3. The number of amides is 1. The van der Waals surface area contributed by atoms with Crippen molar-refractivity contribution in [3.05, 3.63) is 105 Å². The van der Waals surface area contributed by atoms with E-state index in [4.69, 9.17) is 27.9 Å². The van der Waals surface area contributed by atoms with E-state index in [-0.39, 0.29) is 18.1 Å². The van der Waals surface area contributed by atoms with Crippen LogP contribution in [0.4, 0.5) is 8.78 Å². The molecule has 4 nitrogen and oxygen atoms in total. The zero-order chi connectivity index (χ0) is 24.1. The number of hydrogen-bond acceptors (Lipinski definition) is 3. The molecular weight excluding hydrogens is 481 g/mol. The summed E-state index contributed by atoms with van der Waals surface area (Å²) in [5.41, 5.74) is 1.33. The predicted octanol–water partition coefficient (Wildman–Crippen LogP) is 5.99. The summed E-state index contributed by atoms with van der Waals surface area (Å²) in [6.07, 6.45) is -0.425. The SMILES string of the molecule is O=C(c1cccc(Cl)c1)N1CCN(C[C@H](OCc2c(F)cccc2F)c2ccc(Cl)cc2)CC1. The average molecular weight is 505 g/mol. The normalized spacial score (nSPS) is 15.4. The quantitative estimate of drug-likeness (QED) is 0.396. The van der Waals surface area contributed by atoms with Gasteiger partial charge in [-0.25, -0.2) is 8.78 Å². The van der Waals surface area contributed by atoms with Gasteiger partial charge in [-0.15, -0.1) is 0 Å². The molecule has 1 fully saturated rings. The Morgan fingerprint density at radius 1 is 0.882 bits per heavy atom. The molecule has 0 aliphatic carbocycles. The summed E-state index contributed by atoms with van der Waals surface area (Å²) >= 11 is 12.1. The lowest BCUT2D eigenvalue weighted by Crippen LogP contribution is -2.49. The van der Waals surface area contributed by atoms with E-state index in [2.05, 4.69) is 4.90 Å². The van der Waals surface area contributed by atoms with Crippen molar-refractivity contribution in [1.82, 2.24) is 9.80 Å². The minimum Gasteiger partial charge on any atom is -0.367 e. The number of piperazine rings is 1. The van der Waals surface area contributed by atoms with Crippen LogP contribution in [0.5, 0.6) is 0 Å². The van der Waals surface area contributed by atoms with Gasteiger partial charge in [0.1, 0.15) is 11.6 Å². The van der Waals surface area contributed by atoms with Gasteiger partial charge in [0.2, 0.25) is 0 Å². The van der Waals surface area contributed by atoms with Crippen LogP contribution in [0.15, 0.2) is 66.7 Å². The van der Waals surface area contributed by atoms with Crippen LogP contribution in [0.3, 0.4) is 0 Å². The molecule has 1 atom stereocenters. The molecule has 3 aromatic rings. The van der Waals surface area contributed by atoms with E-state index < -0.39 is 17.7 Å². The number of rotatable bonds is 7. The summed E-state index contributed by atoms with van der Waals surface area (Å²) in [6, 6.07) is 17.9. The Kier molecular flexibility index (Phi) is 8.16. The highest BCUT2D eigenvalue weighted by molar-refractivity contribution is 6.31. The van der Waals surface area contributed by atoms with Crippen molar-refractivity contribution in [2.24, 2.45) is 0 Å². The maximum atomic E-state index is 14.1. The van der Waals surface area contributed by atoms with Crippen molar-refractivity contribution in [2.75, 3.05) is 32.7 Å². The van der Waals surface area contributed by atoms with Crippen LogP contribution in [-0.4, -0.2) is 48.4 Å². The van der Waals surface area contributed by atoms with Gasteiger partial charge in [0.05, 0.1) is 12.7 Å². The lowest BCUT2D eigenvalue weighted by Gasteiger charge is -2.36. The number of halogens is 4. The fourth-order valence-electron chi connectivity index (χ4n) is 3.96. The number of nitrogens with zero attached hydrogens (tertiary/aromatic N) is 2. The van der Waals surface area contributed by atoms with E-state index in [1.165, 1.54) is 18.2 Å². The second kappa shape index (κ2) is 11.3. The summed E-state index contributed by atoms with van der Waals surface area (Å²) in [7, 11) is 0. The summed E-state index contributed by atoms with van der Waals surface area (Å²) in [5, 5.41) is 1.12. The van der Waals surface area contributed by atoms with Crippen molar-refractivity contribution in [1.29, 1.82) is 0 Å². The average Bonchev–Trinajstić information content (AvgIpc) is 2.83. The van der Waals surface area contributed by atoms with E-state index in [1.54, 1.807) is 41.3 Å². The second-order valence-corrected chi connectivity index (χ2v) is 9.03. The Morgan fingerprint density at radius 2 is 1.53 bits per heavy atom. The number of carbonyl (C=O) groups is 1. The maximum Gasteiger partial charge on any atom is 0.253 e. The van der Waals surface area contributed by atoms with Crippen LogP contribution in [0.1, 0.15) is 27.6 Å². The molecule has 1 aliphatic rings. The second-order valence-electron chi connectivity index (χ2n) is 8.15. The van der Waals surface area contributed by atoms with Crippen molar-refractivity contribution < 1.29 is 18.3 Å². The van der Waals surface area contributed by atoms with Crippen molar-refractivity contribution in [3.63, 3.8) is 0 Å². The molecule has 34 heavy (non-hydrogen) atoms. The molecule has 1 saturated heterocycles. The van der Waals surface area contributed by atoms with Gasteiger partial charge in [0, 0.05) is 53.9 Å². The van der Waals surface area contributed by atoms with E-state index in [1.807, 2.05) is 12.1 Å². The highest BCUT2D eigenvalue weighted by Gasteiger charge is 2.25. The summed E-state index contributed by atoms with van der Waals surface area (Å²) in [6.45, 7) is 2.72. The van der Waals surface area contributed by atoms with Crippen LogP contribution >= 0.6 is 23.2 Å². The molecule has 0 saturated carbocycles. The molecule has 1 amide bonds. The highest BCUT2D eigenvalue weighted by atomic mass is 35.5. The third kappa shape index (κ3) is 6.13. The van der Waals surface area contributed by atoms with Crippen LogP contribution < -0.4 is 0 Å². The van der Waals surface area contributed by atoms with Crippen LogP contribution in [0, 0.1) is 11.6 Å². The van der Waals surface area contributed by atoms with Gasteiger partial charge in [0.25, 0.3) is 5.91 Å². The van der Waals surface area contributed by atoms with Gasteiger partial charge < -0.3 is 9.64 Å². The highest BCUT2D eigenvalue weighted by Crippen LogP contribution is 2.25. The monoisotopic (exact) mass is 504 g/mol. The van der Waals surface area contributed by atoms with E-state index >= 15 is 0 Å². The topological polar surface area (TPSA) is 32.8 Å². The number of carbonyl (C=O) groups excluding carboxylic acids is 1. The molecular formula is C26H24Cl2F2N2O2. The first-order valence-corrected chi connectivity index (χ1v) is 11.7. The number of hydrogen-bond donors (Lipinski definition) is 0. The summed E-state index contributed by atoms with van der Waals surface area (Å²) in [5.74, 6) is -1.33. The molecule has 1 heterocycles. The first-order valence-electron chi connectivity index (χ1n) is 11.0. The lowest BCUT2D eigenvalue weighted by atomic mass is 10.1. The Morgan fingerprint density at radius 3 is 2.18 bits per heavy atom. The van der Waals surface area contributed by atoms with Crippen LogP contribution in [0.2, 0.25) is 10.0 Å². The Balaban J connectivity index is 1.41. The van der Waals surface area contributed by atoms with Gasteiger partial charge >= 0.3 is 0 Å². The first kappa shape index (κ1) is 24.6. The Labute approximate surface area is 207 Å². The molecule has 0 aromatic heterocycles. The van der Waals surface area contributed by atoms with Gasteiger partial charge in [-0.05, 0) is 48.0 Å². The molecule has 8 heteroatoms. The van der Waals surface area contributed by atoms with Crippen molar-refractivity contribution >= 4 is 29.1 Å². The van der Waals surface area contributed by atoms with E-state index in [0.717, 1.165) is 5.56 Å². The molecule has 0 bridgehead atoms. The largest absolute Gasteiger partial charge is 0.367 e. The predicted molar refractivity (Wildman–Crippen MR) is 129 cm³/mol. The first-order chi connectivity index (χ1) is 16.4. The molecule has 0 radical (unpaired) electrons. The third-order valence-corrected chi connectivity index (χ3v) is 6.37. The zero-order valence-electron chi connectivity index (χ0n) is 18.4. The minimum atomic E-state index is -0.636. The molecule has 3 aromatic carbocycles.